The number of aryl methyl sites for hydroxylation is 1. The van der Waals surface area contributed by atoms with Crippen LogP contribution in [0.2, 0.25) is 0 Å². The van der Waals surface area contributed by atoms with Crippen LogP contribution in [0.5, 0.6) is 5.88 Å². The van der Waals surface area contributed by atoms with Crippen molar-refractivity contribution >= 4 is 28.4 Å². The fourth-order valence-electron chi connectivity index (χ4n) is 2.45. The van der Waals surface area contributed by atoms with Gasteiger partial charge in [-0.05, 0) is 32.3 Å². The van der Waals surface area contributed by atoms with Crippen LogP contribution in [0.4, 0.5) is 5.69 Å². The number of carbonyl (C=O) groups is 2. The van der Waals surface area contributed by atoms with Gasteiger partial charge in [0.1, 0.15) is 0 Å². The standard InChI is InChI=1S/C18H24N4O3/c1-11(2)9-10-22-14-8-6-5-7-13(14)15(18(22)25)20-21-17(24)16(23)19-12(3)4/h5-8,11-12,25H,9-10H2,1-4H3,(H,19,23). The number of hydrogen-bond donors (Lipinski definition) is 2. The third kappa shape index (κ3) is 4.43. The summed E-state index contributed by atoms with van der Waals surface area (Å²) in [6, 6.07) is 7.20. The topological polar surface area (TPSA) is 96.0 Å². The highest BCUT2D eigenvalue weighted by molar-refractivity contribution is 6.35. The predicted molar refractivity (Wildman–Crippen MR) is 95.9 cm³/mol. The summed E-state index contributed by atoms with van der Waals surface area (Å²) in [5, 5.41) is 21.0. The fraction of sp³-hybridized carbons (Fsp3) is 0.444. The van der Waals surface area contributed by atoms with E-state index in [0.29, 0.717) is 17.8 Å². The lowest BCUT2D eigenvalue weighted by atomic mass is 10.1. The van der Waals surface area contributed by atoms with Gasteiger partial charge in [-0.2, -0.15) is 0 Å². The first-order valence-corrected chi connectivity index (χ1v) is 8.38. The van der Waals surface area contributed by atoms with E-state index < -0.39 is 11.8 Å². The summed E-state index contributed by atoms with van der Waals surface area (Å²) in [5.74, 6) is -1.39. The van der Waals surface area contributed by atoms with Gasteiger partial charge in [0.2, 0.25) is 5.88 Å². The Hall–Kier alpha value is -2.70. The smallest absolute Gasteiger partial charge is 0.353 e. The minimum atomic E-state index is -0.993. The van der Waals surface area contributed by atoms with Crippen molar-refractivity contribution in [3.63, 3.8) is 0 Å². The molecule has 0 fully saturated rings. The van der Waals surface area contributed by atoms with E-state index in [1.807, 2.05) is 18.2 Å². The molecular weight excluding hydrogens is 320 g/mol. The molecule has 2 N–H and O–H groups in total. The lowest BCUT2D eigenvalue weighted by Crippen LogP contribution is -2.34. The molecule has 1 heterocycles. The molecule has 0 aliphatic heterocycles. The fourth-order valence-corrected chi connectivity index (χ4v) is 2.45. The van der Waals surface area contributed by atoms with Gasteiger partial charge in [-0.3, -0.25) is 9.59 Å². The highest BCUT2D eigenvalue weighted by Crippen LogP contribution is 2.39. The monoisotopic (exact) mass is 344 g/mol. The molecule has 0 unspecified atom stereocenters. The van der Waals surface area contributed by atoms with E-state index in [1.165, 1.54) is 0 Å². The molecule has 0 radical (unpaired) electrons. The van der Waals surface area contributed by atoms with Gasteiger partial charge in [0.15, 0.2) is 5.69 Å². The molecule has 2 aromatic rings. The quantitative estimate of drug-likeness (QED) is 0.641. The molecule has 0 atom stereocenters. The third-order valence-electron chi connectivity index (χ3n) is 3.70. The molecule has 25 heavy (non-hydrogen) atoms. The second kappa shape index (κ2) is 7.92. The second-order valence-corrected chi connectivity index (χ2v) is 6.66. The average molecular weight is 344 g/mol. The normalized spacial score (nSPS) is 11.8. The van der Waals surface area contributed by atoms with Gasteiger partial charge in [-0.1, -0.05) is 32.0 Å². The second-order valence-electron chi connectivity index (χ2n) is 6.66. The maximum Gasteiger partial charge on any atom is 0.353 e. The predicted octanol–water partition coefficient (Wildman–Crippen LogP) is 3.53. The summed E-state index contributed by atoms with van der Waals surface area (Å²) in [6.45, 7) is 8.33. The summed E-state index contributed by atoms with van der Waals surface area (Å²) in [6.07, 6.45) is 0.887. The van der Waals surface area contributed by atoms with Crippen molar-refractivity contribution in [3.05, 3.63) is 24.3 Å². The number of aromatic nitrogens is 1. The lowest BCUT2D eigenvalue weighted by Gasteiger charge is -2.08. The average Bonchev–Trinajstić information content (AvgIpc) is 2.81. The molecule has 1 aromatic heterocycles. The van der Waals surface area contributed by atoms with Crippen LogP contribution in [0.25, 0.3) is 10.9 Å². The number of amides is 2. The molecule has 0 aliphatic carbocycles. The molecule has 2 amide bonds. The zero-order valence-electron chi connectivity index (χ0n) is 15.0. The molecule has 1 aromatic carbocycles. The van der Waals surface area contributed by atoms with Crippen molar-refractivity contribution < 1.29 is 14.7 Å². The van der Waals surface area contributed by atoms with Crippen LogP contribution in [-0.4, -0.2) is 27.5 Å². The van der Waals surface area contributed by atoms with Gasteiger partial charge in [0.25, 0.3) is 0 Å². The van der Waals surface area contributed by atoms with E-state index in [9.17, 15) is 14.7 Å². The van der Waals surface area contributed by atoms with Crippen LogP contribution < -0.4 is 5.32 Å². The van der Waals surface area contributed by atoms with Gasteiger partial charge < -0.3 is 15.0 Å². The first kappa shape index (κ1) is 18.6. The lowest BCUT2D eigenvalue weighted by molar-refractivity contribution is -0.137. The number of azo groups is 1. The highest BCUT2D eigenvalue weighted by Gasteiger charge is 2.18. The zero-order valence-corrected chi connectivity index (χ0v) is 15.0. The first-order chi connectivity index (χ1) is 11.8. The molecule has 0 bridgehead atoms. The van der Waals surface area contributed by atoms with Crippen molar-refractivity contribution in [3.8, 4) is 5.88 Å². The van der Waals surface area contributed by atoms with E-state index in [1.54, 1.807) is 24.5 Å². The maximum absolute atomic E-state index is 11.8. The zero-order chi connectivity index (χ0) is 18.6. The highest BCUT2D eigenvalue weighted by atomic mass is 16.3. The molecule has 7 heteroatoms. The minimum Gasteiger partial charge on any atom is -0.493 e. The van der Waals surface area contributed by atoms with Gasteiger partial charge >= 0.3 is 11.8 Å². The van der Waals surface area contributed by atoms with E-state index in [-0.39, 0.29) is 17.6 Å². The van der Waals surface area contributed by atoms with Gasteiger partial charge in [-0.15, -0.1) is 10.2 Å². The van der Waals surface area contributed by atoms with Gasteiger partial charge in [0.05, 0.1) is 5.52 Å². The van der Waals surface area contributed by atoms with Crippen molar-refractivity contribution in [2.75, 3.05) is 0 Å². The Morgan fingerprint density at radius 1 is 1.20 bits per heavy atom. The number of carbonyl (C=O) groups excluding carboxylic acids is 2. The van der Waals surface area contributed by atoms with Crippen LogP contribution in [0.1, 0.15) is 34.1 Å². The Morgan fingerprint density at radius 3 is 2.52 bits per heavy atom. The molecular formula is C18H24N4O3. The molecule has 134 valence electrons. The Bertz CT molecular complexity index is 806. The van der Waals surface area contributed by atoms with Crippen LogP contribution in [-0.2, 0) is 16.1 Å². The maximum atomic E-state index is 11.8. The summed E-state index contributed by atoms with van der Waals surface area (Å²) in [4.78, 5) is 23.4. The summed E-state index contributed by atoms with van der Waals surface area (Å²) < 4.78 is 1.75. The number of para-hydroxylation sites is 1. The SMILES string of the molecule is CC(C)CCn1c(O)c(N=NC(=O)C(=O)NC(C)C)c2ccccc21. The number of fused-ring (bicyclic) bond motifs is 1. The Balaban J connectivity index is 2.35. The number of nitrogens with zero attached hydrogens (tertiary/aromatic N) is 3. The van der Waals surface area contributed by atoms with E-state index >= 15 is 0 Å². The van der Waals surface area contributed by atoms with Crippen LogP contribution >= 0.6 is 0 Å². The van der Waals surface area contributed by atoms with Gasteiger partial charge in [0, 0.05) is 18.0 Å². The van der Waals surface area contributed by atoms with Crippen molar-refractivity contribution in [2.24, 2.45) is 16.1 Å². The molecule has 7 nitrogen and oxygen atoms in total. The molecule has 0 aliphatic rings. The Morgan fingerprint density at radius 2 is 1.88 bits per heavy atom. The number of nitrogens with one attached hydrogen (secondary N) is 1. The van der Waals surface area contributed by atoms with E-state index in [2.05, 4.69) is 29.4 Å². The number of benzene rings is 1. The Kier molecular flexibility index (Phi) is 5.90. The van der Waals surface area contributed by atoms with Gasteiger partial charge in [-0.25, -0.2) is 0 Å². The van der Waals surface area contributed by atoms with Crippen LogP contribution in [0.3, 0.4) is 0 Å². The molecule has 0 saturated carbocycles. The molecule has 2 rings (SSSR count). The largest absolute Gasteiger partial charge is 0.493 e. The third-order valence-corrected chi connectivity index (χ3v) is 3.70. The minimum absolute atomic E-state index is 0.0531. The molecule has 0 saturated heterocycles. The number of rotatable bonds is 5. The first-order valence-electron chi connectivity index (χ1n) is 8.38. The molecule has 0 spiro atoms. The van der Waals surface area contributed by atoms with Crippen molar-refractivity contribution in [1.29, 1.82) is 0 Å². The van der Waals surface area contributed by atoms with Crippen molar-refractivity contribution in [2.45, 2.75) is 46.7 Å². The van der Waals surface area contributed by atoms with Crippen molar-refractivity contribution in [1.82, 2.24) is 9.88 Å². The Labute approximate surface area is 146 Å². The van der Waals surface area contributed by atoms with Crippen LogP contribution in [0, 0.1) is 5.92 Å². The summed E-state index contributed by atoms with van der Waals surface area (Å²) >= 11 is 0. The number of aromatic hydroxyl groups is 1. The number of hydrogen-bond acceptors (Lipinski definition) is 4. The van der Waals surface area contributed by atoms with Crippen LogP contribution in [0.15, 0.2) is 34.5 Å². The van der Waals surface area contributed by atoms with E-state index in [4.69, 9.17) is 0 Å². The summed E-state index contributed by atoms with van der Waals surface area (Å²) in [5.41, 5.74) is 1.01. The van der Waals surface area contributed by atoms with E-state index in [0.717, 1.165) is 11.9 Å². The summed E-state index contributed by atoms with van der Waals surface area (Å²) in [7, 11) is 0.